The van der Waals surface area contributed by atoms with Gasteiger partial charge in [0.05, 0.1) is 11.4 Å². The fraction of sp³-hybridized carbons (Fsp3) is 0.136. The lowest BCUT2D eigenvalue weighted by atomic mass is 10.1. The molecule has 0 heterocycles. The van der Waals surface area contributed by atoms with E-state index >= 15 is 0 Å². The van der Waals surface area contributed by atoms with Crippen LogP contribution in [0.1, 0.15) is 27.0 Å². The monoisotopic (exact) mass is 345 g/mol. The summed E-state index contributed by atoms with van der Waals surface area (Å²) in [7, 11) is 0. The van der Waals surface area contributed by atoms with Crippen molar-refractivity contribution in [3.63, 3.8) is 0 Å². The zero-order valence-electron chi connectivity index (χ0n) is 15.0. The molecule has 0 aliphatic rings. The number of hydrogen-bond donors (Lipinski definition) is 3. The number of nitrogens with two attached hydrogens (primary N) is 1. The van der Waals surface area contributed by atoms with Crippen molar-refractivity contribution in [2.75, 3.05) is 16.4 Å². The number of benzene rings is 3. The zero-order valence-corrected chi connectivity index (χ0v) is 15.0. The molecule has 0 bridgehead atoms. The third kappa shape index (κ3) is 4.22. The molecule has 132 valence electrons. The highest BCUT2D eigenvalue weighted by Crippen LogP contribution is 2.19. The summed E-state index contributed by atoms with van der Waals surface area (Å²) in [6.07, 6.45) is 0. The molecule has 4 nitrogen and oxygen atoms in total. The van der Waals surface area contributed by atoms with Gasteiger partial charge in [0.15, 0.2) is 0 Å². The van der Waals surface area contributed by atoms with Crippen LogP contribution >= 0.6 is 0 Å². The Bertz CT molecular complexity index is 917. The van der Waals surface area contributed by atoms with Gasteiger partial charge < -0.3 is 16.4 Å². The van der Waals surface area contributed by atoms with Crippen molar-refractivity contribution in [2.45, 2.75) is 20.4 Å². The Morgan fingerprint density at radius 1 is 0.923 bits per heavy atom. The molecule has 3 aromatic rings. The molecule has 0 saturated carbocycles. The van der Waals surface area contributed by atoms with Gasteiger partial charge in [-0.05, 0) is 55.3 Å². The molecule has 1 amide bonds. The second kappa shape index (κ2) is 7.74. The van der Waals surface area contributed by atoms with Gasteiger partial charge in [0.2, 0.25) is 0 Å². The summed E-state index contributed by atoms with van der Waals surface area (Å²) in [6.45, 7) is 4.89. The van der Waals surface area contributed by atoms with Crippen molar-refractivity contribution in [1.82, 2.24) is 0 Å². The van der Waals surface area contributed by atoms with Crippen molar-refractivity contribution in [3.8, 4) is 0 Å². The van der Waals surface area contributed by atoms with Crippen LogP contribution in [0.4, 0.5) is 17.1 Å². The van der Waals surface area contributed by atoms with Gasteiger partial charge in [-0.15, -0.1) is 0 Å². The number of amides is 1. The van der Waals surface area contributed by atoms with Crippen LogP contribution in [0.15, 0.2) is 66.7 Å². The standard InChI is InChI=1S/C22H23N3O/c1-15-7-12-20(16(2)13-15)24-14-17-8-10-18(11-9-17)22(26)25-21-6-4-3-5-19(21)23/h3-13,24H,14,23H2,1-2H3,(H,25,26). The first-order chi connectivity index (χ1) is 12.5. The number of carbonyl (C=O) groups is 1. The molecular weight excluding hydrogens is 322 g/mol. The predicted octanol–water partition coefficient (Wildman–Crippen LogP) is 4.75. The normalized spacial score (nSPS) is 10.4. The maximum Gasteiger partial charge on any atom is 0.255 e. The van der Waals surface area contributed by atoms with Crippen LogP contribution in [0.3, 0.4) is 0 Å². The number of nitrogen functional groups attached to an aromatic ring is 1. The molecule has 0 radical (unpaired) electrons. The van der Waals surface area contributed by atoms with E-state index in [4.69, 9.17) is 5.73 Å². The number of para-hydroxylation sites is 2. The molecule has 0 spiro atoms. The van der Waals surface area contributed by atoms with E-state index in [0.717, 1.165) is 11.3 Å². The number of carbonyl (C=O) groups excluding carboxylic acids is 1. The lowest BCUT2D eigenvalue weighted by molar-refractivity contribution is 0.102. The molecule has 0 saturated heterocycles. The van der Waals surface area contributed by atoms with E-state index in [0.29, 0.717) is 23.5 Å². The smallest absolute Gasteiger partial charge is 0.255 e. The van der Waals surface area contributed by atoms with Crippen LogP contribution in [0.5, 0.6) is 0 Å². The average Bonchev–Trinajstić information content (AvgIpc) is 2.63. The van der Waals surface area contributed by atoms with Crippen molar-refractivity contribution >= 4 is 23.0 Å². The fourth-order valence-electron chi connectivity index (χ4n) is 2.79. The summed E-state index contributed by atoms with van der Waals surface area (Å²) in [5, 5.41) is 6.27. The van der Waals surface area contributed by atoms with Crippen molar-refractivity contribution in [3.05, 3.63) is 89.0 Å². The summed E-state index contributed by atoms with van der Waals surface area (Å²) in [4.78, 5) is 12.4. The predicted molar refractivity (Wildman–Crippen MR) is 108 cm³/mol. The highest BCUT2D eigenvalue weighted by atomic mass is 16.1. The number of aryl methyl sites for hydroxylation is 2. The van der Waals surface area contributed by atoms with Crippen LogP contribution in [0.2, 0.25) is 0 Å². The topological polar surface area (TPSA) is 67.2 Å². The van der Waals surface area contributed by atoms with Crippen molar-refractivity contribution in [1.29, 1.82) is 0 Å². The second-order valence-electron chi connectivity index (χ2n) is 6.41. The Hall–Kier alpha value is -3.27. The SMILES string of the molecule is Cc1ccc(NCc2ccc(C(=O)Nc3ccccc3N)cc2)c(C)c1. The van der Waals surface area contributed by atoms with Gasteiger partial charge in [-0.3, -0.25) is 4.79 Å². The molecule has 26 heavy (non-hydrogen) atoms. The van der Waals surface area contributed by atoms with Gasteiger partial charge in [0, 0.05) is 17.8 Å². The Morgan fingerprint density at radius 3 is 2.35 bits per heavy atom. The van der Waals surface area contributed by atoms with Crippen LogP contribution in [-0.2, 0) is 6.54 Å². The molecule has 0 atom stereocenters. The summed E-state index contributed by atoms with van der Waals surface area (Å²) >= 11 is 0. The highest BCUT2D eigenvalue weighted by molar-refractivity contribution is 6.05. The van der Waals surface area contributed by atoms with Crippen molar-refractivity contribution < 1.29 is 4.79 Å². The van der Waals surface area contributed by atoms with Gasteiger partial charge in [0.25, 0.3) is 5.91 Å². The Balaban J connectivity index is 1.63. The lowest BCUT2D eigenvalue weighted by Gasteiger charge is -2.11. The molecule has 3 aromatic carbocycles. The summed E-state index contributed by atoms with van der Waals surface area (Å²) in [6, 6.07) is 21.1. The number of nitrogens with one attached hydrogen (secondary N) is 2. The van der Waals surface area contributed by atoms with E-state index in [1.165, 1.54) is 11.1 Å². The lowest BCUT2D eigenvalue weighted by Crippen LogP contribution is -2.13. The first-order valence-corrected chi connectivity index (χ1v) is 8.59. The first-order valence-electron chi connectivity index (χ1n) is 8.59. The van der Waals surface area contributed by atoms with E-state index in [1.54, 1.807) is 12.1 Å². The number of anilines is 3. The van der Waals surface area contributed by atoms with Gasteiger partial charge in [-0.25, -0.2) is 0 Å². The minimum absolute atomic E-state index is 0.170. The van der Waals surface area contributed by atoms with Gasteiger partial charge in [-0.1, -0.05) is 42.0 Å². The highest BCUT2D eigenvalue weighted by Gasteiger charge is 2.08. The quantitative estimate of drug-likeness (QED) is 0.585. The van der Waals surface area contributed by atoms with Crippen LogP contribution in [-0.4, -0.2) is 5.91 Å². The molecule has 0 aliphatic carbocycles. The van der Waals surface area contributed by atoms with Gasteiger partial charge in [-0.2, -0.15) is 0 Å². The molecule has 0 fully saturated rings. The largest absolute Gasteiger partial charge is 0.397 e. The van der Waals surface area contributed by atoms with Crippen LogP contribution in [0.25, 0.3) is 0 Å². The molecule has 3 rings (SSSR count). The van der Waals surface area contributed by atoms with Crippen molar-refractivity contribution in [2.24, 2.45) is 0 Å². The molecule has 4 heteroatoms. The maximum atomic E-state index is 12.4. The molecule has 0 unspecified atom stereocenters. The minimum atomic E-state index is -0.170. The van der Waals surface area contributed by atoms with Gasteiger partial charge >= 0.3 is 0 Å². The summed E-state index contributed by atoms with van der Waals surface area (Å²) in [5.41, 5.74) is 12.3. The Kier molecular flexibility index (Phi) is 5.23. The second-order valence-corrected chi connectivity index (χ2v) is 6.41. The molecule has 0 aromatic heterocycles. The van der Waals surface area contributed by atoms with Gasteiger partial charge in [0.1, 0.15) is 0 Å². The Labute approximate surface area is 154 Å². The van der Waals surface area contributed by atoms with E-state index in [2.05, 4.69) is 42.7 Å². The average molecular weight is 345 g/mol. The number of rotatable bonds is 5. The van der Waals surface area contributed by atoms with E-state index in [1.807, 2.05) is 36.4 Å². The third-order valence-electron chi connectivity index (χ3n) is 4.29. The van der Waals surface area contributed by atoms with E-state index < -0.39 is 0 Å². The van der Waals surface area contributed by atoms with Crippen LogP contribution < -0.4 is 16.4 Å². The minimum Gasteiger partial charge on any atom is -0.397 e. The zero-order chi connectivity index (χ0) is 18.5. The summed E-state index contributed by atoms with van der Waals surface area (Å²) in [5.74, 6) is -0.170. The molecule has 4 N–H and O–H groups in total. The Morgan fingerprint density at radius 2 is 1.65 bits per heavy atom. The molecule has 0 aliphatic heterocycles. The van der Waals surface area contributed by atoms with E-state index in [-0.39, 0.29) is 5.91 Å². The number of hydrogen-bond acceptors (Lipinski definition) is 3. The third-order valence-corrected chi connectivity index (χ3v) is 4.29. The van der Waals surface area contributed by atoms with Crippen LogP contribution in [0, 0.1) is 13.8 Å². The molecular formula is C22H23N3O. The van der Waals surface area contributed by atoms with E-state index in [9.17, 15) is 4.79 Å². The first kappa shape index (κ1) is 17.5. The fourth-order valence-corrected chi connectivity index (χ4v) is 2.79. The summed E-state index contributed by atoms with van der Waals surface area (Å²) < 4.78 is 0. The maximum absolute atomic E-state index is 12.4.